The highest BCUT2D eigenvalue weighted by Crippen LogP contribution is 2.26. The number of nitrogens with zero attached hydrogens (tertiary/aromatic N) is 2. The molecule has 5 heteroatoms. The molecule has 0 bridgehead atoms. The minimum Gasteiger partial charge on any atom is -0.353 e. The van der Waals surface area contributed by atoms with Crippen molar-refractivity contribution in [2.75, 3.05) is 13.1 Å². The average Bonchev–Trinajstić information content (AvgIpc) is 2.94. The number of carbonyl (C=O) groups excluding carboxylic acids is 2. The van der Waals surface area contributed by atoms with E-state index in [-0.39, 0.29) is 17.9 Å². The van der Waals surface area contributed by atoms with Crippen LogP contribution in [0, 0.1) is 5.92 Å². The maximum atomic E-state index is 12.7. The van der Waals surface area contributed by atoms with Gasteiger partial charge in [0.25, 0.3) is 5.91 Å². The Bertz CT molecular complexity index is 537. The van der Waals surface area contributed by atoms with Crippen LogP contribution < -0.4 is 5.32 Å². The van der Waals surface area contributed by atoms with Gasteiger partial charge in [-0.25, -0.2) is 0 Å². The summed E-state index contributed by atoms with van der Waals surface area (Å²) >= 11 is 0. The van der Waals surface area contributed by atoms with Gasteiger partial charge in [0.15, 0.2) is 0 Å². The summed E-state index contributed by atoms with van der Waals surface area (Å²) in [5.41, 5.74) is 0.787. The van der Waals surface area contributed by atoms with Crippen LogP contribution in [0.1, 0.15) is 43.1 Å². The second kappa shape index (κ2) is 5.92. The number of rotatable bonds is 3. The topological polar surface area (TPSA) is 54.3 Å². The molecule has 1 aromatic heterocycles. The molecular weight excluding hydrogens is 266 g/mol. The van der Waals surface area contributed by atoms with Crippen molar-refractivity contribution in [2.45, 2.75) is 45.2 Å². The third kappa shape index (κ3) is 2.82. The maximum Gasteiger partial charge on any atom is 0.270 e. The van der Waals surface area contributed by atoms with E-state index in [2.05, 4.69) is 12.2 Å². The first-order valence-corrected chi connectivity index (χ1v) is 7.93. The largest absolute Gasteiger partial charge is 0.353 e. The Balaban J connectivity index is 1.69. The number of hydrogen-bond donors (Lipinski definition) is 1. The van der Waals surface area contributed by atoms with Crippen LogP contribution in [0.15, 0.2) is 18.3 Å². The minimum absolute atomic E-state index is 0.129. The quantitative estimate of drug-likeness (QED) is 0.919. The second-order valence-corrected chi connectivity index (χ2v) is 6.10. The molecule has 0 aromatic carbocycles. The molecule has 0 radical (unpaired) electrons. The fourth-order valence-corrected chi connectivity index (χ4v) is 3.50. The van der Waals surface area contributed by atoms with Gasteiger partial charge in [0.05, 0.1) is 0 Å². The van der Waals surface area contributed by atoms with E-state index in [4.69, 9.17) is 0 Å². The number of amides is 2. The molecule has 2 amide bonds. The van der Waals surface area contributed by atoms with Crippen LogP contribution in [-0.2, 0) is 11.3 Å². The summed E-state index contributed by atoms with van der Waals surface area (Å²) in [6.07, 6.45) is 5.36. The predicted octanol–water partition coefficient (Wildman–Crippen LogP) is 1.64. The van der Waals surface area contributed by atoms with Gasteiger partial charge in [-0.1, -0.05) is 6.92 Å². The monoisotopic (exact) mass is 289 g/mol. The molecule has 2 unspecified atom stereocenters. The van der Waals surface area contributed by atoms with E-state index in [1.165, 1.54) is 0 Å². The summed E-state index contributed by atoms with van der Waals surface area (Å²) in [6.45, 7) is 4.49. The minimum atomic E-state index is 0.129. The number of likely N-dealkylation sites (tertiary alicyclic amines) is 1. The lowest BCUT2D eigenvalue weighted by Gasteiger charge is -2.41. The fourth-order valence-electron chi connectivity index (χ4n) is 3.50. The van der Waals surface area contributed by atoms with Crippen molar-refractivity contribution in [3.63, 3.8) is 0 Å². The molecule has 114 valence electrons. The van der Waals surface area contributed by atoms with E-state index in [9.17, 15) is 9.59 Å². The molecule has 1 N–H and O–H groups in total. The van der Waals surface area contributed by atoms with Crippen LogP contribution in [-0.4, -0.2) is 40.4 Å². The highest BCUT2D eigenvalue weighted by Gasteiger charge is 2.35. The lowest BCUT2D eigenvalue weighted by Crippen LogP contribution is -2.55. The Kier molecular flexibility index (Phi) is 3.99. The first-order valence-electron chi connectivity index (χ1n) is 7.93. The molecule has 21 heavy (non-hydrogen) atoms. The molecule has 2 fully saturated rings. The van der Waals surface area contributed by atoms with E-state index in [0.29, 0.717) is 12.3 Å². The number of piperidine rings is 2. The van der Waals surface area contributed by atoms with Crippen LogP contribution in [0.25, 0.3) is 0 Å². The molecule has 2 aliphatic heterocycles. The summed E-state index contributed by atoms with van der Waals surface area (Å²) in [4.78, 5) is 26.1. The number of fused-ring (bicyclic) bond motifs is 1. The highest BCUT2D eigenvalue weighted by molar-refractivity contribution is 5.93. The van der Waals surface area contributed by atoms with Crippen LogP contribution in [0.2, 0.25) is 0 Å². The van der Waals surface area contributed by atoms with Gasteiger partial charge in [0, 0.05) is 38.3 Å². The Morgan fingerprint density at radius 3 is 3.10 bits per heavy atom. The first-order chi connectivity index (χ1) is 10.2. The molecule has 2 aliphatic rings. The van der Waals surface area contributed by atoms with E-state index >= 15 is 0 Å². The summed E-state index contributed by atoms with van der Waals surface area (Å²) in [5, 5.41) is 3.06. The molecule has 0 aliphatic carbocycles. The van der Waals surface area contributed by atoms with Crippen molar-refractivity contribution in [2.24, 2.45) is 5.92 Å². The molecule has 2 atom stereocenters. The SMILES string of the molecule is CCCn1cccc1C(=O)N1CCC2NC(=O)CCC2C1. The van der Waals surface area contributed by atoms with Gasteiger partial charge < -0.3 is 14.8 Å². The zero-order chi connectivity index (χ0) is 14.8. The van der Waals surface area contributed by atoms with E-state index in [1.807, 2.05) is 27.8 Å². The first kappa shape index (κ1) is 14.2. The van der Waals surface area contributed by atoms with Crippen LogP contribution in [0.5, 0.6) is 0 Å². The van der Waals surface area contributed by atoms with E-state index in [0.717, 1.165) is 44.6 Å². The lowest BCUT2D eigenvalue weighted by atomic mass is 9.85. The average molecular weight is 289 g/mol. The Hall–Kier alpha value is -1.78. The van der Waals surface area contributed by atoms with Gasteiger partial charge in [-0.15, -0.1) is 0 Å². The molecular formula is C16H23N3O2. The summed E-state index contributed by atoms with van der Waals surface area (Å²) in [6, 6.07) is 4.11. The van der Waals surface area contributed by atoms with Crippen LogP contribution in [0.3, 0.4) is 0 Å². The highest BCUT2D eigenvalue weighted by atomic mass is 16.2. The standard InChI is InChI=1S/C16H23N3O2/c1-2-8-18-9-3-4-14(18)16(21)19-10-7-13-12(11-19)5-6-15(20)17-13/h3-4,9,12-13H,2,5-8,10-11H2,1H3,(H,17,20). The maximum absolute atomic E-state index is 12.7. The number of nitrogens with one attached hydrogen (secondary N) is 1. The molecule has 0 saturated carbocycles. The molecule has 3 rings (SSSR count). The van der Waals surface area contributed by atoms with Crippen molar-refractivity contribution in [3.05, 3.63) is 24.0 Å². The van der Waals surface area contributed by atoms with Gasteiger partial charge >= 0.3 is 0 Å². The summed E-state index contributed by atoms with van der Waals surface area (Å²) in [7, 11) is 0. The Morgan fingerprint density at radius 1 is 1.43 bits per heavy atom. The number of carbonyl (C=O) groups is 2. The lowest BCUT2D eigenvalue weighted by molar-refractivity contribution is -0.125. The number of hydrogen-bond acceptors (Lipinski definition) is 2. The van der Waals surface area contributed by atoms with E-state index < -0.39 is 0 Å². The molecule has 2 saturated heterocycles. The van der Waals surface area contributed by atoms with Crippen LogP contribution >= 0.6 is 0 Å². The van der Waals surface area contributed by atoms with Gasteiger partial charge in [-0.2, -0.15) is 0 Å². The zero-order valence-corrected chi connectivity index (χ0v) is 12.5. The van der Waals surface area contributed by atoms with Crippen molar-refractivity contribution < 1.29 is 9.59 Å². The number of aryl methyl sites for hydroxylation is 1. The molecule has 3 heterocycles. The Labute approximate surface area is 125 Å². The van der Waals surface area contributed by atoms with Crippen molar-refractivity contribution in [1.82, 2.24) is 14.8 Å². The summed E-state index contributed by atoms with van der Waals surface area (Å²) in [5.74, 6) is 0.701. The van der Waals surface area contributed by atoms with Gasteiger partial charge in [-0.3, -0.25) is 9.59 Å². The fraction of sp³-hybridized carbons (Fsp3) is 0.625. The van der Waals surface area contributed by atoms with Crippen molar-refractivity contribution >= 4 is 11.8 Å². The predicted molar refractivity (Wildman–Crippen MR) is 79.9 cm³/mol. The zero-order valence-electron chi connectivity index (χ0n) is 12.5. The molecule has 5 nitrogen and oxygen atoms in total. The Morgan fingerprint density at radius 2 is 2.29 bits per heavy atom. The van der Waals surface area contributed by atoms with Crippen molar-refractivity contribution in [1.29, 1.82) is 0 Å². The second-order valence-electron chi connectivity index (χ2n) is 6.10. The van der Waals surface area contributed by atoms with E-state index in [1.54, 1.807) is 0 Å². The normalized spacial score (nSPS) is 25.4. The van der Waals surface area contributed by atoms with Crippen molar-refractivity contribution in [3.8, 4) is 0 Å². The third-order valence-corrected chi connectivity index (χ3v) is 4.62. The van der Waals surface area contributed by atoms with Gasteiger partial charge in [-0.05, 0) is 37.3 Å². The summed E-state index contributed by atoms with van der Waals surface area (Å²) < 4.78 is 2.04. The third-order valence-electron chi connectivity index (χ3n) is 4.62. The van der Waals surface area contributed by atoms with Gasteiger partial charge in [0.2, 0.25) is 5.91 Å². The van der Waals surface area contributed by atoms with Gasteiger partial charge in [0.1, 0.15) is 5.69 Å². The van der Waals surface area contributed by atoms with Crippen LogP contribution in [0.4, 0.5) is 0 Å². The molecule has 1 aromatic rings. The number of aromatic nitrogens is 1. The molecule has 0 spiro atoms. The smallest absolute Gasteiger partial charge is 0.270 e.